The standard InChI is InChI=1S/C18H20N2O5/c1-24-12-3-4-15-14(7-12)13(5-6-19-15)16(21)20-10-18(25-2)8-11(9-18)17(22)23/h3-7,11H,8-10H2,1-2H3,(H,20,21)(H,22,23). The molecule has 0 radical (unpaired) electrons. The number of carboxylic acid groups (broad SMARTS) is 1. The van der Waals surface area contributed by atoms with E-state index in [0.29, 0.717) is 35.1 Å². The third-order valence-corrected chi connectivity index (χ3v) is 4.78. The minimum Gasteiger partial charge on any atom is -0.497 e. The smallest absolute Gasteiger partial charge is 0.306 e. The molecule has 1 aliphatic carbocycles. The fourth-order valence-corrected chi connectivity index (χ4v) is 3.18. The summed E-state index contributed by atoms with van der Waals surface area (Å²) in [6.45, 7) is 0.264. The molecular weight excluding hydrogens is 324 g/mol. The Balaban J connectivity index is 1.75. The second kappa shape index (κ2) is 6.68. The average molecular weight is 344 g/mol. The number of pyridine rings is 1. The summed E-state index contributed by atoms with van der Waals surface area (Å²) in [6, 6.07) is 7.01. The number of benzene rings is 1. The zero-order valence-corrected chi connectivity index (χ0v) is 14.1. The predicted octanol–water partition coefficient (Wildman–Crippen LogP) is 1.85. The van der Waals surface area contributed by atoms with Crippen molar-refractivity contribution >= 4 is 22.8 Å². The topological polar surface area (TPSA) is 97.8 Å². The van der Waals surface area contributed by atoms with Crippen molar-refractivity contribution in [2.24, 2.45) is 5.92 Å². The van der Waals surface area contributed by atoms with Gasteiger partial charge in [-0.05, 0) is 37.1 Å². The van der Waals surface area contributed by atoms with Crippen LogP contribution >= 0.6 is 0 Å². The normalized spacial score (nSPS) is 22.2. The molecule has 3 rings (SSSR count). The number of aliphatic carboxylic acids is 1. The Morgan fingerprint density at radius 2 is 2.08 bits per heavy atom. The van der Waals surface area contributed by atoms with Gasteiger partial charge in [0.2, 0.25) is 0 Å². The van der Waals surface area contributed by atoms with Crippen LogP contribution in [0.2, 0.25) is 0 Å². The fraction of sp³-hybridized carbons (Fsp3) is 0.389. The van der Waals surface area contributed by atoms with Crippen molar-refractivity contribution in [2.45, 2.75) is 18.4 Å². The zero-order valence-electron chi connectivity index (χ0n) is 14.1. The van der Waals surface area contributed by atoms with Crippen LogP contribution in [0.1, 0.15) is 23.2 Å². The molecule has 2 N–H and O–H groups in total. The number of carboxylic acids is 1. The molecule has 1 saturated carbocycles. The second-order valence-electron chi connectivity index (χ2n) is 6.25. The van der Waals surface area contributed by atoms with Gasteiger partial charge in [-0.1, -0.05) is 0 Å². The number of amides is 1. The maximum absolute atomic E-state index is 12.6. The zero-order chi connectivity index (χ0) is 18.0. The molecule has 0 spiro atoms. The number of carbonyl (C=O) groups excluding carboxylic acids is 1. The average Bonchev–Trinajstić information content (AvgIpc) is 2.59. The fourth-order valence-electron chi connectivity index (χ4n) is 3.18. The van der Waals surface area contributed by atoms with E-state index in [1.54, 1.807) is 37.6 Å². The number of fused-ring (bicyclic) bond motifs is 1. The Kier molecular flexibility index (Phi) is 4.59. The highest BCUT2D eigenvalue weighted by atomic mass is 16.5. The summed E-state index contributed by atoms with van der Waals surface area (Å²) in [7, 11) is 3.10. The van der Waals surface area contributed by atoms with Gasteiger partial charge < -0.3 is 19.9 Å². The van der Waals surface area contributed by atoms with Crippen molar-refractivity contribution < 1.29 is 24.2 Å². The number of carbonyl (C=O) groups is 2. The van der Waals surface area contributed by atoms with Crippen molar-refractivity contribution in [1.29, 1.82) is 0 Å². The van der Waals surface area contributed by atoms with E-state index in [4.69, 9.17) is 14.6 Å². The monoisotopic (exact) mass is 344 g/mol. The first-order valence-electron chi connectivity index (χ1n) is 7.97. The summed E-state index contributed by atoms with van der Waals surface area (Å²) < 4.78 is 10.7. The molecule has 0 bridgehead atoms. The van der Waals surface area contributed by atoms with E-state index >= 15 is 0 Å². The van der Waals surface area contributed by atoms with Gasteiger partial charge in [0, 0.05) is 25.2 Å². The van der Waals surface area contributed by atoms with Gasteiger partial charge in [-0.3, -0.25) is 14.6 Å². The molecule has 7 heteroatoms. The molecule has 0 saturated heterocycles. The molecule has 1 heterocycles. The van der Waals surface area contributed by atoms with E-state index in [2.05, 4.69) is 10.3 Å². The minimum absolute atomic E-state index is 0.254. The number of methoxy groups -OCH3 is 2. The van der Waals surface area contributed by atoms with Crippen molar-refractivity contribution in [3.05, 3.63) is 36.0 Å². The molecule has 0 aliphatic heterocycles. The number of rotatable bonds is 6. The summed E-state index contributed by atoms with van der Waals surface area (Å²) in [5.74, 6) is -0.851. The molecular formula is C18H20N2O5. The number of hydrogen-bond donors (Lipinski definition) is 2. The van der Waals surface area contributed by atoms with E-state index in [9.17, 15) is 9.59 Å². The Morgan fingerprint density at radius 1 is 1.32 bits per heavy atom. The van der Waals surface area contributed by atoms with Crippen LogP contribution in [0.3, 0.4) is 0 Å². The second-order valence-corrected chi connectivity index (χ2v) is 6.25. The number of ether oxygens (including phenoxy) is 2. The highest BCUT2D eigenvalue weighted by Gasteiger charge is 2.48. The maximum Gasteiger partial charge on any atom is 0.306 e. The third kappa shape index (κ3) is 3.28. The van der Waals surface area contributed by atoms with E-state index < -0.39 is 17.5 Å². The summed E-state index contributed by atoms with van der Waals surface area (Å²) in [6.07, 6.45) is 2.37. The highest BCUT2D eigenvalue weighted by molar-refractivity contribution is 6.06. The highest BCUT2D eigenvalue weighted by Crippen LogP contribution is 2.40. The first-order chi connectivity index (χ1) is 12.0. The summed E-state index contributed by atoms with van der Waals surface area (Å²) >= 11 is 0. The molecule has 0 unspecified atom stereocenters. The molecule has 1 aromatic heterocycles. The first kappa shape index (κ1) is 17.2. The number of nitrogens with one attached hydrogen (secondary N) is 1. The molecule has 0 atom stereocenters. The van der Waals surface area contributed by atoms with Crippen molar-refractivity contribution in [2.75, 3.05) is 20.8 Å². The van der Waals surface area contributed by atoms with Crippen LogP contribution in [0.4, 0.5) is 0 Å². The molecule has 1 aromatic carbocycles. The van der Waals surface area contributed by atoms with Crippen LogP contribution in [-0.2, 0) is 9.53 Å². The van der Waals surface area contributed by atoms with Crippen LogP contribution in [0.5, 0.6) is 5.75 Å². The van der Waals surface area contributed by atoms with E-state index in [0.717, 1.165) is 0 Å². The molecule has 7 nitrogen and oxygen atoms in total. The van der Waals surface area contributed by atoms with Gasteiger partial charge in [-0.15, -0.1) is 0 Å². The van der Waals surface area contributed by atoms with Gasteiger partial charge in [-0.2, -0.15) is 0 Å². The molecule has 1 amide bonds. The summed E-state index contributed by atoms with van der Waals surface area (Å²) in [5.41, 5.74) is 0.577. The molecule has 132 valence electrons. The van der Waals surface area contributed by atoms with Crippen LogP contribution in [0.15, 0.2) is 30.5 Å². The Labute approximate surface area is 145 Å². The number of hydrogen-bond acceptors (Lipinski definition) is 5. The van der Waals surface area contributed by atoms with E-state index in [1.807, 2.05) is 0 Å². The summed E-state index contributed by atoms with van der Waals surface area (Å²) in [4.78, 5) is 27.9. The lowest BCUT2D eigenvalue weighted by Crippen LogP contribution is -2.55. The summed E-state index contributed by atoms with van der Waals surface area (Å²) in [5, 5.41) is 12.6. The lowest BCUT2D eigenvalue weighted by molar-refractivity contribution is -0.161. The van der Waals surface area contributed by atoms with Crippen LogP contribution in [0.25, 0.3) is 10.9 Å². The lowest BCUT2D eigenvalue weighted by atomic mass is 9.70. The Bertz CT molecular complexity index is 814. The van der Waals surface area contributed by atoms with Crippen molar-refractivity contribution in [3.63, 3.8) is 0 Å². The Morgan fingerprint density at radius 3 is 2.72 bits per heavy atom. The number of aromatic nitrogens is 1. The van der Waals surface area contributed by atoms with Gasteiger partial charge in [0.15, 0.2) is 0 Å². The number of nitrogens with zero attached hydrogens (tertiary/aromatic N) is 1. The largest absolute Gasteiger partial charge is 0.497 e. The van der Waals surface area contributed by atoms with Gasteiger partial charge in [0.05, 0.1) is 29.7 Å². The lowest BCUT2D eigenvalue weighted by Gasteiger charge is -2.44. The van der Waals surface area contributed by atoms with E-state index in [1.165, 1.54) is 7.11 Å². The SMILES string of the molecule is COc1ccc2nccc(C(=O)NCC3(OC)CC(C(=O)O)C3)c2c1. The maximum atomic E-state index is 12.6. The molecule has 1 aliphatic rings. The first-order valence-corrected chi connectivity index (χ1v) is 7.97. The van der Waals surface area contributed by atoms with Gasteiger partial charge in [-0.25, -0.2) is 0 Å². The van der Waals surface area contributed by atoms with Crippen LogP contribution < -0.4 is 10.1 Å². The predicted molar refractivity (Wildman–Crippen MR) is 90.7 cm³/mol. The molecule has 25 heavy (non-hydrogen) atoms. The molecule has 2 aromatic rings. The van der Waals surface area contributed by atoms with E-state index in [-0.39, 0.29) is 12.5 Å². The van der Waals surface area contributed by atoms with Gasteiger partial charge in [0.1, 0.15) is 5.75 Å². The minimum atomic E-state index is -0.828. The van der Waals surface area contributed by atoms with Crippen molar-refractivity contribution in [1.82, 2.24) is 10.3 Å². The Hall–Kier alpha value is -2.67. The van der Waals surface area contributed by atoms with Crippen molar-refractivity contribution in [3.8, 4) is 5.75 Å². The molecule has 1 fully saturated rings. The van der Waals surface area contributed by atoms with Crippen LogP contribution in [0, 0.1) is 5.92 Å². The van der Waals surface area contributed by atoms with Crippen LogP contribution in [-0.4, -0.2) is 48.3 Å². The van der Waals surface area contributed by atoms with Gasteiger partial charge >= 0.3 is 5.97 Å². The third-order valence-electron chi connectivity index (χ3n) is 4.78. The quantitative estimate of drug-likeness (QED) is 0.830. The van der Waals surface area contributed by atoms with Gasteiger partial charge in [0.25, 0.3) is 5.91 Å².